The van der Waals surface area contributed by atoms with Crippen LogP contribution < -0.4 is 19.5 Å². The van der Waals surface area contributed by atoms with Crippen molar-refractivity contribution >= 4 is 23.3 Å². The van der Waals surface area contributed by atoms with E-state index in [2.05, 4.69) is 15.6 Å². The fourth-order valence-corrected chi connectivity index (χ4v) is 2.97. The molecule has 0 spiro atoms. The Morgan fingerprint density at radius 3 is 2.47 bits per heavy atom. The number of benzene rings is 2. The van der Waals surface area contributed by atoms with Crippen molar-refractivity contribution in [2.75, 3.05) is 25.1 Å². The quantitative estimate of drug-likeness (QED) is 0.532. The predicted molar refractivity (Wildman–Crippen MR) is 112 cm³/mol. The molecule has 158 valence electrons. The smallest absolute Gasteiger partial charge is 0.263 e. The highest BCUT2D eigenvalue weighted by Crippen LogP contribution is 2.34. The van der Waals surface area contributed by atoms with Gasteiger partial charge in [0.05, 0.1) is 13.2 Å². The summed E-state index contributed by atoms with van der Waals surface area (Å²) in [6.07, 6.45) is 0. The number of aromatic nitrogens is 2. The van der Waals surface area contributed by atoms with Gasteiger partial charge in [-0.05, 0) is 73.0 Å². The monoisotopic (exact) mass is 431 g/mol. The Bertz CT molecular complexity index is 1020. The Morgan fingerprint density at radius 1 is 1.00 bits per heavy atom. The van der Waals surface area contributed by atoms with Crippen LogP contribution in [-0.4, -0.2) is 36.0 Å². The molecule has 0 fully saturated rings. The van der Waals surface area contributed by atoms with Crippen molar-refractivity contribution in [2.45, 2.75) is 20.8 Å². The fraction of sp³-hybridized carbons (Fsp3) is 0.286. The topological polar surface area (TPSA) is 95.7 Å². The summed E-state index contributed by atoms with van der Waals surface area (Å²) in [5, 5.41) is 10.9. The van der Waals surface area contributed by atoms with Crippen LogP contribution in [0.3, 0.4) is 0 Å². The van der Waals surface area contributed by atoms with Crippen LogP contribution in [0.4, 0.5) is 5.82 Å². The van der Waals surface area contributed by atoms with Crippen LogP contribution >= 0.6 is 11.6 Å². The number of carbonyl (C=O) groups excluding carboxylic acids is 1. The van der Waals surface area contributed by atoms with E-state index in [1.807, 2.05) is 20.8 Å². The van der Waals surface area contributed by atoms with Gasteiger partial charge in [-0.2, -0.15) is 0 Å². The number of aryl methyl sites for hydroxylation is 1. The summed E-state index contributed by atoms with van der Waals surface area (Å²) in [5.74, 6) is 1.54. The molecule has 0 bridgehead atoms. The largest absolute Gasteiger partial charge is 0.490 e. The molecule has 1 aromatic heterocycles. The number of anilines is 1. The minimum absolute atomic E-state index is 0.183. The average Bonchev–Trinajstić information content (AvgIpc) is 3.17. The lowest BCUT2D eigenvalue weighted by atomic mass is 10.1. The average molecular weight is 432 g/mol. The Labute approximate surface area is 179 Å². The van der Waals surface area contributed by atoms with E-state index in [-0.39, 0.29) is 12.4 Å². The minimum Gasteiger partial charge on any atom is -0.490 e. The van der Waals surface area contributed by atoms with Crippen LogP contribution in [0.5, 0.6) is 17.2 Å². The molecule has 2 aromatic carbocycles. The van der Waals surface area contributed by atoms with Crippen LogP contribution in [0.25, 0.3) is 11.3 Å². The van der Waals surface area contributed by atoms with E-state index >= 15 is 0 Å². The van der Waals surface area contributed by atoms with Gasteiger partial charge in [0.2, 0.25) is 5.82 Å². The van der Waals surface area contributed by atoms with E-state index < -0.39 is 5.91 Å². The molecular formula is C21H22ClN3O5. The number of halogens is 1. The van der Waals surface area contributed by atoms with Crippen molar-refractivity contribution in [1.82, 2.24) is 10.3 Å². The summed E-state index contributed by atoms with van der Waals surface area (Å²) in [6.45, 7) is 6.41. The molecule has 3 aromatic rings. The highest BCUT2D eigenvalue weighted by Gasteiger charge is 2.18. The van der Waals surface area contributed by atoms with Gasteiger partial charge in [0, 0.05) is 10.6 Å². The number of ether oxygens (including phenoxy) is 3. The second kappa shape index (κ2) is 9.98. The molecule has 1 amide bonds. The molecule has 0 atom stereocenters. The standard InChI is InChI=1S/C21H22ClN3O5/c1-4-27-17-8-6-14(11-18(17)28-5-2)20-21(25-30-24-20)23-19(26)12-29-16-9-7-15(22)10-13(16)3/h6-11H,4-5,12H2,1-3H3,(H,23,25,26). The molecule has 30 heavy (non-hydrogen) atoms. The third kappa shape index (κ3) is 5.21. The lowest BCUT2D eigenvalue weighted by molar-refractivity contribution is -0.118. The van der Waals surface area contributed by atoms with E-state index in [0.717, 1.165) is 5.56 Å². The molecule has 0 aliphatic carbocycles. The van der Waals surface area contributed by atoms with Crippen molar-refractivity contribution < 1.29 is 23.6 Å². The molecule has 0 saturated heterocycles. The van der Waals surface area contributed by atoms with Gasteiger partial charge in [0.1, 0.15) is 5.75 Å². The first-order valence-corrected chi connectivity index (χ1v) is 9.81. The second-order valence-corrected chi connectivity index (χ2v) is 6.67. The van der Waals surface area contributed by atoms with E-state index in [4.69, 9.17) is 30.4 Å². The van der Waals surface area contributed by atoms with E-state index in [1.165, 1.54) is 0 Å². The third-order valence-electron chi connectivity index (χ3n) is 4.06. The number of hydrogen-bond acceptors (Lipinski definition) is 7. The lowest BCUT2D eigenvalue weighted by Crippen LogP contribution is -2.21. The zero-order chi connectivity index (χ0) is 21.5. The molecule has 9 heteroatoms. The van der Waals surface area contributed by atoms with Crippen molar-refractivity contribution in [3.05, 3.63) is 47.0 Å². The lowest BCUT2D eigenvalue weighted by Gasteiger charge is -2.12. The molecule has 0 saturated carbocycles. The molecule has 1 N–H and O–H groups in total. The number of nitrogens with zero attached hydrogens (tertiary/aromatic N) is 2. The van der Waals surface area contributed by atoms with E-state index in [0.29, 0.717) is 46.7 Å². The van der Waals surface area contributed by atoms with Gasteiger partial charge in [-0.1, -0.05) is 11.6 Å². The molecule has 0 aliphatic heterocycles. The van der Waals surface area contributed by atoms with Crippen molar-refractivity contribution in [2.24, 2.45) is 0 Å². The number of carbonyl (C=O) groups is 1. The highest BCUT2D eigenvalue weighted by molar-refractivity contribution is 6.30. The molecule has 8 nitrogen and oxygen atoms in total. The normalized spacial score (nSPS) is 10.5. The van der Waals surface area contributed by atoms with Gasteiger partial charge in [0.25, 0.3) is 5.91 Å². The van der Waals surface area contributed by atoms with Gasteiger partial charge >= 0.3 is 0 Å². The van der Waals surface area contributed by atoms with Crippen LogP contribution in [0, 0.1) is 6.92 Å². The minimum atomic E-state index is -0.405. The van der Waals surface area contributed by atoms with Crippen LogP contribution in [0.1, 0.15) is 19.4 Å². The number of hydrogen-bond donors (Lipinski definition) is 1. The zero-order valence-electron chi connectivity index (χ0n) is 16.9. The third-order valence-corrected chi connectivity index (χ3v) is 4.29. The van der Waals surface area contributed by atoms with Crippen LogP contribution in [0.15, 0.2) is 41.0 Å². The summed E-state index contributed by atoms with van der Waals surface area (Å²) >= 11 is 5.93. The van der Waals surface area contributed by atoms with E-state index in [9.17, 15) is 4.79 Å². The van der Waals surface area contributed by atoms with Gasteiger partial charge in [0.15, 0.2) is 23.8 Å². The summed E-state index contributed by atoms with van der Waals surface area (Å²) in [7, 11) is 0. The first kappa shape index (κ1) is 21.4. The Kier molecular flexibility index (Phi) is 7.13. The molecule has 0 radical (unpaired) electrons. The summed E-state index contributed by atoms with van der Waals surface area (Å²) in [4.78, 5) is 12.3. The van der Waals surface area contributed by atoms with E-state index in [1.54, 1.807) is 36.4 Å². The second-order valence-electron chi connectivity index (χ2n) is 6.24. The molecule has 1 heterocycles. The number of rotatable bonds is 9. The maximum absolute atomic E-state index is 12.3. The van der Waals surface area contributed by atoms with Gasteiger partial charge in [-0.25, -0.2) is 4.63 Å². The zero-order valence-corrected chi connectivity index (χ0v) is 17.7. The maximum Gasteiger partial charge on any atom is 0.263 e. The fourth-order valence-electron chi connectivity index (χ4n) is 2.74. The van der Waals surface area contributed by atoms with Crippen molar-refractivity contribution in [3.63, 3.8) is 0 Å². The molecule has 0 aliphatic rings. The van der Waals surface area contributed by atoms with Gasteiger partial charge in [-0.3, -0.25) is 4.79 Å². The SMILES string of the molecule is CCOc1ccc(-c2nonc2NC(=O)COc2ccc(Cl)cc2C)cc1OCC. The number of nitrogens with one attached hydrogen (secondary N) is 1. The summed E-state index contributed by atoms with van der Waals surface area (Å²) < 4.78 is 21.6. The number of amides is 1. The molecular weight excluding hydrogens is 410 g/mol. The first-order valence-electron chi connectivity index (χ1n) is 9.43. The molecule has 0 unspecified atom stereocenters. The first-order chi connectivity index (χ1) is 14.5. The highest BCUT2D eigenvalue weighted by atomic mass is 35.5. The Morgan fingerprint density at radius 2 is 1.73 bits per heavy atom. The van der Waals surface area contributed by atoms with Gasteiger partial charge in [-0.15, -0.1) is 0 Å². The Balaban J connectivity index is 1.72. The van der Waals surface area contributed by atoms with Crippen LogP contribution in [-0.2, 0) is 4.79 Å². The Hall–Kier alpha value is -3.26. The predicted octanol–water partition coefficient (Wildman–Crippen LogP) is 4.51. The van der Waals surface area contributed by atoms with Crippen molar-refractivity contribution in [1.29, 1.82) is 0 Å². The summed E-state index contributed by atoms with van der Waals surface area (Å²) in [5.41, 5.74) is 1.86. The summed E-state index contributed by atoms with van der Waals surface area (Å²) in [6, 6.07) is 10.5. The van der Waals surface area contributed by atoms with Crippen molar-refractivity contribution in [3.8, 4) is 28.5 Å². The van der Waals surface area contributed by atoms with Crippen LogP contribution in [0.2, 0.25) is 5.02 Å². The maximum atomic E-state index is 12.3. The molecule has 3 rings (SSSR count). The van der Waals surface area contributed by atoms with Gasteiger partial charge < -0.3 is 19.5 Å².